The highest BCUT2D eigenvalue weighted by atomic mass is 16.7. The van der Waals surface area contributed by atoms with Gasteiger partial charge in [0, 0.05) is 12.6 Å². The molecule has 0 radical (unpaired) electrons. The summed E-state index contributed by atoms with van der Waals surface area (Å²) in [7, 11) is 0. The summed E-state index contributed by atoms with van der Waals surface area (Å²) in [4.78, 5) is 10.9. The summed E-state index contributed by atoms with van der Waals surface area (Å²) >= 11 is 0. The number of ether oxygens (including phenoxy) is 2. The first-order valence-electron chi connectivity index (χ1n) is 6.54. The first-order chi connectivity index (χ1) is 10.2. The Morgan fingerprint density at radius 2 is 1.62 bits per heavy atom. The Balaban J connectivity index is 1.97. The lowest BCUT2D eigenvalue weighted by atomic mass is 10.0. The van der Waals surface area contributed by atoms with Gasteiger partial charge < -0.3 is 15.2 Å². The van der Waals surface area contributed by atoms with Crippen LogP contribution in [0, 0.1) is 0 Å². The van der Waals surface area contributed by atoms with Gasteiger partial charge in [-0.25, -0.2) is 4.79 Å². The lowest BCUT2D eigenvalue weighted by molar-refractivity contribution is -0.144. The van der Waals surface area contributed by atoms with Gasteiger partial charge in [0.25, 0.3) is 0 Å². The van der Waals surface area contributed by atoms with Gasteiger partial charge in [0.15, 0.2) is 0 Å². The standard InChI is InChI=1S/C17H17NO3/c1-2-17(19)21-12-20-16-9-7-15(8-10-16)14-5-3-13(11-18)4-6-14/h2-10H,1,11-12,18H2. The number of hydrogen-bond donors (Lipinski definition) is 1. The molecule has 0 bridgehead atoms. The highest BCUT2D eigenvalue weighted by molar-refractivity contribution is 5.81. The fourth-order valence-corrected chi connectivity index (χ4v) is 1.79. The molecule has 0 fully saturated rings. The van der Waals surface area contributed by atoms with Gasteiger partial charge in [-0.3, -0.25) is 0 Å². The molecule has 2 aromatic carbocycles. The maximum absolute atomic E-state index is 10.9. The van der Waals surface area contributed by atoms with Gasteiger partial charge in [-0.15, -0.1) is 0 Å². The number of rotatable bonds is 6. The van der Waals surface area contributed by atoms with E-state index in [1.807, 2.05) is 48.5 Å². The lowest BCUT2D eigenvalue weighted by Gasteiger charge is -2.07. The van der Waals surface area contributed by atoms with Crippen LogP contribution in [-0.4, -0.2) is 12.8 Å². The third kappa shape index (κ3) is 4.19. The van der Waals surface area contributed by atoms with E-state index in [0.717, 1.165) is 22.8 Å². The van der Waals surface area contributed by atoms with Crippen LogP contribution in [0.1, 0.15) is 5.56 Å². The lowest BCUT2D eigenvalue weighted by Crippen LogP contribution is -2.07. The number of esters is 1. The Morgan fingerprint density at radius 3 is 2.14 bits per heavy atom. The number of benzene rings is 2. The van der Waals surface area contributed by atoms with Gasteiger partial charge in [-0.05, 0) is 28.8 Å². The van der Waals surface area contributed by atoms with Crippen LogP contribution < -0.4 is 10.5 Å². The largest absolute Gasteiger partial charge is 0.457 e. The van der Waals surface area contributed by atoms with E-state index in [4.69, 9.17) is 15.2 Å². The van der Waals surface area contributed by atoms with Crippen molar-refractivity contribution in [3.8, 4) is 16.9 Å². The van der Waals surface area contributed by atoms with E-state index in [-0.39, 0.29) is 6.79 Å². The summed E-state index contributed by atoms with van der Waals surface area (Å²) < 4.78 is 10.0. The van der Waals surface area contributed by atoms with E-state index in [0.29, 0.717) is 12.3 Å². The van der Waals surface area contributed by atoms with Crippen LogP contribution in [0.25, 0.3) is 11.1 Å². The van der Waals surface area contributed by atoms with E-state index in [9.17, 15) is 4.79 Å². The number of nitrogens with two attached hydrogens (primary N) is 1. The molecule has 0 aliphatic heterocycles. The minimum atomic E-state index is -0.508. The minimum Gasteiger partial charge on any atom is -0.457 e. The summed E-state index contributed by atoms with van der Waals surface area (Å²) in [6.07, 6.45) is 1.09. The molecule has 21 heavy (non-hydrogen) atoms. The Kier molecular flexibility index (Phi) is 5.12. The van der Waals surface area contributed by atoms with Crippen LogP contribution in [0.2, 0.25) is 0 Å². The summed E-state index contributed by atoms with van der Waals surface area (Å²) in [5, 5.41) is 0. The van der Waals surface area contributed by atoms with Crippen molar-refractivity contribution in [2.75, 3.05) is 6.79 Å². The van der Waals surface area contributed by atoms with E-state index in [1.54, 1.807) is 0 Å². The Labute approximate surface area is 123 Å². The van der Waals surface area contributed by atoms with Gasteiger partial charge in [0.1, 0.15) is 5.75 Å². The number of carbonyl (C=O) groups excluding carboxylic acids is 1. The molecule has 0 saturated heterocycles. The average molecular weight is 283 g/mol. The first kappa shape index (κ1) is 14.8. The molecule has 0 unspecified atom stereocenters. The van der Waals surface area contributed by atoms with Crippen molar-refractivity contribution in [2.45, 2.75) is 6.54 Å². The van der Waals surface area contributed by atoms with E-state index >= 15 is 0 Å². The second kappa shape index (κ2) is 7.26. The van der Waals surface area contributed by atoms with Gasteiger partial charge in [-0.1, -0.05) is 43.0 Å². The Bertz CT molecular complexity index is 603. The molecule has 4 nitrogen and oxygen atoms in total. The van der Waals surface area contributed by atoms with Crippen LogP contribution in [0.3, 0.4) is 0 Å². The molecule has 2 N–H and O–H groups in total. The molecular weight excluding hydrogens is 266 g/mol. The second-order valence-corrected chi connectivity index (χ2v) is 4.36. The molecule has 0 spiro atoms. The second-order valence-electron chi connectivity index (χ2n) is 4.36. The first-order valence-corrected chi connectivity index (χ1v) is 6.54. The predicted molar refractivity (Wildman–Crippen MR) is 81.6 cm³/mol. The quantitative estimate of drug-likeness (QED) is 0.503. The van der Waals surface area contributed by atoms with Gasteiger partial charge in [0.05, 0.1) is 0 Å². The van der Waals surface area contributed by atoms with Crippen LogP contribution >= 0.6 is 0 Å². The number of hydrogen-bond acceptors (Lipinski definition) is 4. The zero-order valence-corrected chi connectivity index (χ0v) is 11.6. The summed E-state index contributed by atoms with van der Waals surface area (Å²) in [5.41, 5.74) is 8.86. The molecule has 108 valence electrons. The van der Waals surface area contributed by atoms with E-state index in [2.05, 4.69) is 6.58 Å². The summed E-state index contributed by atoms with van der Waals surface area (Å²) in [5.74, 6) is 0.126. The van der Waals surface area contributed by atoms with Crippen molar-refractivity contribution in [3.63, 3.8) is 0 Å². The SMILES string of the molecule is C=CC(=O)OCOc1ccc(-c2ccc(CN)cc2)cc1. The maximum Gasteiger partial charge on any atom is 0.333 e. The molecule has 0 aliphatic rings. The molecule has 0 atom stereocenters. The normalized spacial score (nSPS) is 9.95. The summed E-state index contributed by atoms with van der Waals surface area (Å²) in [6.45, 7) is 3.71. The third-order valence-electron chi connectivity index (χ3n) is 2.97. The van der Waals surface area contributed by atoms with Crippen molar-refractivity contribution in [3.05, 3.63) is 66.7 Å². The fourth-order valence-electron chi connectivity index (χ4n) is 1.79. The molecular formula is C17H17NO3. The van der Waals surface area contributed by atoms with Crippen LogP contribution in [-0.2, 0) is 16.1 Å². The van der Waals surface area contributed by atoms with Gasteiger partial charge in [-0.2, -0.15) is 0 Å². The minimum absolute atomic E-state index is 0.130. The predicted octanol–water partition coefficient (Wildman–Crippen LogP) is 2.88. The van der Waals surface area contributed by atoms with Crippen molar-refractivity contribution in [2.24, 2.45) is 5.73 Å². The van der Waals surface area contributed by atoms with Gasteiger partial charge in [0.2, 0.25) is 6.79 Å². The molecule has 2 rings (SSSR count). The topological polar surface area (TPSA) is 61.5 Å². The fraction of sp³-hybridized carbons (Fsp3) is 0.118. The molecule has 4 heteroatoms. The molecule has 0 amide bonds. The molecule has 0 aliphatic carbocycles. The zero-order valence-electron chi connectivity index (χ0n) is 11.6. The van der Waals surface area contributed by atoms with Crippen molar-refractivity contribution in [1.29, 1.82) is 0 Å². The van der Waals surface area contributed by atoms with E-state index in [1.165, 1.54) is 0 Å². The summed E-state index contributed by atoms with van der Waals surface area (Å²) in [6, 6.07) is 15.6. The van der Waals surface area contributed by atoms with Crippen molar-refractivity contribution in [1.82, 2.24) is 0 Å². The van der Waals surface area contributed by atoms with Crippen LogP contribution in [0.4, 0.5) is 0 Å². The zero-order chi connectivity index (χ0) is 15.1. The van der Waals surface area contributed by atoms with Crippen LogP contribution in [0.15, 0.2) is 61.2 Å². The Hall–Kier alpha value is -2.59. The third-order valence-corrected chi connectivity index (χ3v) is 2.97. The van der Waals surface area contributed by atoms with Crippen LogP contribution in [0.5, 0.6) is 5.75 Å². The number of carbonyl (C=O) groups is 1. The maximum atomic E-state index is 10.9. The van der Waals surface area contributed by atoms with Gasteiger partial charge >= 0.3 is 5.97 Å². The monoisotopic (exact) mass is 283 g/mol. The molecule has 0 saturated carbocycles. The highest BCUT2D eigenvalue weighted by Gasteiger charge is 2.00. The molecule has 0 aromatic heterocycles. The van der Waals surface area contributed by atoms with Crippen molar-refractivity contribution < 1.29 is 14.3 Å². The van der Waals surface area contributed by atoms with E-state index < -0.39 is 5.97 Å². The molecule has 2 aromatic rings. The van der Waals surface area contributed by atoms with Crippen molar-refractivity contribution >= 4 is 5.97 Å². The molecule has 0 heterocycles. The Morgan fingerprint density at radius 1 is 1.05 bits per heavy atom. The highest BCUT2D eigenvalue weighted by Crippen LogP contribution is 2.22. The average Bonchev–Trinajstić information content (AvgIpc) is 2.55. The smallest absolute Gasteiger partial charge is 0.333 e.